The Morgan fingerprint density at radius 3 is 2.22 bits per heavy atom. The van der Waals surface area contributed by atoms with Gasteiger partial charge in [-0.3, -0.25) is 0 Å². The van der Waals surface area contributed by atoms with Crippen molar-refractivity contribution in [1.82, 2.24) is 5.32 Å². The lowest BCUT2D eigenvalue weighted by Crippen LogP contribution is -2.25. The molecular weight excluding hydrogens is 220 g/mol. The largest absolute Gasteiger partial charge is 0.312 e. The van der Waals surface area contributed by atoms with Crippen LogP contribution >= 0.6 is 0 Å². The highest BCUT2D eigenvalue weighted by Crippen LogP contribution is 2.48. The lowest BCUT2D eigenvalue weighted by atomic mass is 9.98. The highest BCUT2D eigenvalue weighted by atomic mass is 14.9. The summed E-state index contributed by atoms with van der Waals surface area (Å²) < 4.78 is 0. The number of benzene rings is 1. The zero-order chi connectivity index (χ0) is 12.4. The summed E-state index contributed by atoms with van der Waals surface area (Å²) >= 11 is 0. The van der Waals surface area contributed by atoms with E-state index in [9.17, 15) is 0 Å². The minimum Gasteiger partial charge on any atom is -0.312 e. The lowest BCUT2D eigenvalue weighted by Gasteiger charge is -2.16. The molecule has 94 valence electrons. The summed E-state index contributed by atoms with van der Waals surface area (Å²) in [4.78, 5) is 0. The molecular formula is C16H20N2. The van der Waals surface area contributed by atoms with Gasteiger partial charge in [-0.2, -0.15) is 5.26 Å². The lowest BCUT2D eigenvalue weighted by molar-refractivity contribution is 0.378. The molecule has 1 aromatic carbocycles. The van der Waals surface area contributed by atoms with Gasteiger partial charge in [-0.25, -0.2) is 0 Å². The molecule has 2 nitrogen and oxygen atoms in total. The molecule has 0 aliphatic heterocycles. The Labute approximate surface area is 109 Å². The topological polar surface area (TPSA) is 35.8 Å². The molecule has 2 heteroatoms. The van der Waals surface area contributed by atoms with Crippen LogP contribution < -0.4 is 5.32 Å². The maximum Gasteiger partial charge on any atom is 0.0991 e. The van der Waals surface area contributed by atoms with Gasteiger partial charge in [-0.05, 0) is 67.7 Å². The zero-order valence-corrected chi connectivity index (χ0v) is 10.7. The smallest absolute Gasteiger partial charge is 0.0991 e. The molecule has 0 atom stereocenters. The summed E-state index contributed by atoms with van der Waals surface area (Å²) in [6, 6.07) is 10.1. The van der Waals surface area contributed by atoms with Crippen LogP contribution in [-0.2, 0) is 6.54 Å². The summed E-state index contributed by atoms with van der Waals surface area (Å²) in [7, 11) is 0. The Morgan fingerprint density at radius 1 is 1.11 bits per heavy atom. The first-order valence-electron chi connectivity index (χ1n) is 7.06. The third-order valence-corrected chi connectivity index (χ3v) is 4.25. The number of hydrogen-bond donors (Lipinski definition) is 1. The van der Waals surface area contributed by atoms with E-state index in [2.05, 4.69) is 23.5 Å². The SMILES string of the molecule is N#Cc1ccc(CNCC(C2CC2)C2CC2)cc1. The second-order valence-electron chi connectivity index (χ2n) is 5.78. The normalized spacial score (nSPS) is 18.9. The van der Waals surface area contributed by atoms with Gasteiger partial charge >= 0.3 is 0 Å². The second-order valence-corrected chi connectivity index (χ2v) is 5.78. The van der Waals surface area contributed by atoms with Crippen LogP contribution in [-0.4, -0.2) is 6.54 Å². The van der Waals surface area contributed by atoms with Crippen LogP contribution in [0.1, 0.15) is 36.8 Å². The van der Waals surface area contributed by atoms with Crippen molar-refractivity contribution in [3.05, 3.63) is 35.4 Å². The van der Waals surface area contributed by atoms with Gasteiger partial charge in [0, 0.05) is 6.54 Å². The molecule has 0 radical (unpaired) electrons. The van der Waals surface area contributed by atoms with E-state index in [0.717, 1.165) is 29.9 Å². The average Bonchev–Trinajstić information content (AvgIpc) is 3.29. The predicted octanol–water partition coefficient (Wildman–Crippen LogP) is 3.08. The number of nitrogens with one attached hydrogen (secondary N) is 1. The maximum absolute atomic E-state index is 8.75. The van der Waals surface area contributed by atoms with Crippen LogP contribution in [0.4, 0.5) is 0 Å². The number of rotatable bonds is 6. The predicted molar refractivity (Wildman–Crippen MR) is 71.8 cm³/mol. The summed E-state index contributed by atoms with van der Waals surface area (Å²) in [6.45, 7) is 2.11. The van der Waals surface area contributed by atoms with E-state index in [1.54, 1.807) is 0 Å². The third-order valence-electron chi connectivity index (χ3n) is 4.25. The van der Waals surface area contributed by atoms with Crippen LogP contribution in [0.15, 0.2) is 24.3 Å². The first-order chi connectivity index (χ1) is 8.86. The maximum atomic E-state index is 8.75. The van der Waals surface area contributed by atoms with E-state index in [1.165, 1.54) is 37.8 Å². The van der Waals surface area contributed by atoms with Crippen LogP contribution in [0, 0.1) is 29.1 Å². The molecule has 2 aliphatic carbocycles. The van der Waals surface area contributed by atoms with Gasteiger partial charge in [0.15, 0.2) is 0 Å². The van der Waals surface area contributed by atoms with E-state index >= 15 is 0 Å². The van der Waals surface area contributed by atoms with E-state index in [4.69, 9.17) is 5.26 Å². The summed E-state index contributed by atoms with van der Waals surface area (Å²) in [6.07, 6.45) is 5.83. The van der Waals surface area contributed by atoms with Crippen molar-refractivity contribution >= 4 is 0 Å². The Balaban J connectivity index is 1.46. The van der Waals surface area contributed by atoms with Crippen molar-refractivity contribution in [2.24, 2.45) is 17.8 Å². The fourth-order valence-electron chi connectivity index (χ4n) is 2.85. The monoisotopic (exact) mass is 240 g/mol. The van der Waals surface area contributed by atoms with Gasteiger partial charge in [0.25, 0.3) is 0 Å². The van der Waals surface area contributed by atoms with Crippen molar-refractivity contribution in [3.63, 3.8) is 0 Å². The van der Waals surface area contributed by atoms with E-state index in [-0.39, 0.29) is 0 Å². The molecule has 0 spiro atoms. The van der Waals surface area contributed by atoms with Crippen LogP contribution in [0.3, 0.4) is 0 Å². The van der Waals surface area contributed by atoms with Crippen LogP contribution in [0.5, 0.6) is 0 Å². The molecule has 1 N–H and O–H groups in total. The van der Waals surface area contributed by atoms with Crippen molar-refractivity contribution in [2.45, 2.75) is 32.2 Å². The third kappa shape index (κ3) is 2.91. The molecule has 0 saturated heterocycles. The van der Waals surface area contributed by atoms with E-state index in [1.807, 2.05) is 12.1 Å². The Hall–Kier alpha value is -1.33. The summed E-state index contributed by atoms with van der Waals surface area (Å²) in [5.74, 6) is 2.97. The fourth-order valence-corrected chi connectivity index (χ4v) is 2.85. The van der Waals surface area contributed by atoms with Crippen molar-refractivity contribution in [2.75, 3.05) is 6.54 Å². The van der Waals surface area contributed by atoms with E-state index in [0.29, 0.717) is 0 Å². The molecule has 3 rings (SSSR count). The van der Waals surface area contributed by atoms with Crippen molar-refractivity contribution in [1.29, 1.82) is 5.26 Å². The molecule has 0 heterocycles. The van der Waals surface area contributed by atoms with Crippen molar-refractivity contribution in [3.8, 4) is 6.07 Å². The van der Waals surface area contributed by atoms with Gasteiger partial charge in [0.2, 0.25) is 0 Å². The van der Waals surface area contributed by atoms with Gasteiger partial charge in [0.05, 0.1) is 11.6 Å². The molecule has 1 aromatic rings. The number of hydrogen-bond acceptors (Lipinski definition) is 2. The molecule has 18 heavy (non-hydrogen) atoms. The molecule has 2 fully saturated rings. The Bertz CT molecular complexity index is 423. The average molecular weight is 240 g/mol. The van der Waals surface area contributed by atoms with Crippen molar-refractivity contribution < 1.29 is 0 Å². The molecule has 0 aromatic heterocycles. The highest BCUT2D eigenvalue weighted by Gasteiger charge is 2.40. The molecule has 0 unspecified atom stereocenters. The fraction of sp³-hybridized carbons (Fsp3) is 0.562. The van der Waals surface area contributed by atoms with Crippen LogP contribution in [0.2, 0.25) is 0 Å². The van der Waals surface area contributed by atoms with Crippen LogP contribution in [0.25, 0.3) is 0 Å². The first kappa shape index (κ1) is 11.7. The molecule has 0 bridgehead atoms. The van der Waals surface area contributed by atoms with Gasteiger partial charge in [-0.1, -0.05) is 12.1 Å². The first-order valence-corrected chi connectivity index (χ1v) is 7.06. The number of nitrogens with zero attached hydrogens (tertiary/aromatic N) is 1. The van der Waals surface area contributed by atoms with E-state index < -0.39 is 0 Å². The molecule has 2 aliphatic rings. The quantitative estimate of drug-likeness (QED) is 0.829. The Kier molecular flexibility index (Phi) is 3.34. The van der Waals surface area contributed by atoms with Gasteiger partial charge < -0.3 is 5.32 Å². The second kappa shape index (κ2) is 5.12. The van der Waals surface area contributed by atoms with Gasteiger partial charge in [-0.15, -0.1) is 0 Å². The molecule has 0 amide bonds. The highest BCUT2D eigenvalue weighted by molar-refractivity contribution is 5.31. The minimum absolute atomic E-state index is 0.743. The Morgan fingerprint density at radius 2 is 1.72 bits per heavy atom. The van der Waals surface area contributed by atoms with Gasteiger partial charge in [0.1, 0.15) is 0 Å². The molecule has 2 saturated carbocycles. The number of nitriles is 1. The summed E-state index contributed by atoms with van der Waals surface area (Å²) in [5.41, 5.74) is 2.02. The summed E-state index contributed by atoms with van der Waals surface area (Å²) in [5, 5.41) is 12.3. The zero-order valence-electron chi connectivity index (χ0n) is 10.7. The minimum atomic E-state index is 0.743. The standard InChI is InChI=1S/C16H20N2/c17-9-12-1-3-13(4-2-12)10-18-11-16(14-5-6-14)15-7-8-15/h1-4,14-16,18H,5-8,10-11H2.